The maximum Gasteiger partial charge on any atom is 0.224 e. The van der Waals surface area contributed by atoms with Gasteiger partial charge in [-0.3, -0.25) is 4.79 Å². The molecule has 0 saturated heterocycles. The minimum Gasteiger partial charge on any atom is -0.441 e. The number of hydrogen-bond acceptors (Lipinski definition) is 3. The minimum atomic E-state index is -0.339. The smallest absolute Gasteiger partial charge is 0.224 e. The van der Waals surface area contributed by atoms with Gasteiger partial charge in [0.2, 0.25) is 5.91 Å². The number of anilines is 1. The average Bonchev–Trinajstić information content (AvgIpc) is 3.08. The molecule has 2 aromatic carbocycles. The van der Waals surface area contributed by atoms with Crippen LogP contribution in [-0.2, 0) is 11.2 Å². The Morgan fingerprint density at radius 2 is 1.85 bits per heavy atom. The van der Waals surface area contributed by atoms with Crippen molar-refractivity contribution in [3.8, 4) is 11.3 Å². The Bertz CT molecular complexity index is 947. The topological polar surface area (TPSA) is 55.1 Å². The third-order valence-electron chi connectivity index (χ3n) is 4.37. The first kappa shape index (κ1) is 17.9. The van der Waals surface area contributed by atoms with E-state index in [9.17, 15) is 9.18 Å². The van der Waals surface area contributed by atoms with Crippen LogP contribution in [-0.4, -0.2) is 10.9 Å². The number of aromatic nitrogens is 1. The Kier molecular flexibility index (Phi) is 5.16. The fourth-order valence-electron chi connectivity index (χ4n) is 2.57. The highest BCUT2D eigenvalue weighted by molar-refractivity contribution is 5.90. The normalized spacial score (nSPS) is 10.8. The van der Waals surface area contributed by atoms with Crippen LogP contribution < -0.4 is 5.32 Å². The summed E-state index contributed by atoms with van der Waals surface area (Å²) in [6.07, 6.45) is 2.26. The van der Waals surface area contributed by atoms with E-state index in [1.807, 2.05) is 19.1 Å². The zero-order valence-corrected chi connectivity index (χ0v) is 15.1. The van der Waals surface area contributed by atoms with E-state index >= 15 is 0 Å². The van der Waals surface area contributed by atoms with Crippen LogP contribution in [0.3, 0.4) is 0 Å². The van der Waals surface area contributed by atoms with E-state index in [0.29, 0.717) is 29.3 Å². The van der Waals surface area contributed by atoms with Crippen molar-refractivity contribution in [2.45, 2.75) is 33.6 Å². The number of amides is 1. The molecule has 0 aliphatic carbocycles. The molecule has 4 nitrogen and oxygen atoms in total. The summed E-state index contributed by atoms with van der Waals surface area (Å²) < 4.78 is 19.3. The van der Waals surface area contributed by atoms with E-state index in [0.717, 1.165) is 5.56 Å². The van der Waals surface area contributed by atoms with Crippen molar-refractivity contribution in [2.24, 2.45) is 0 Å². The van der Waals surface area contributed by atoms with Gasteiger partial charge in [-0.2, -0.15) is 0 Å². The average molecular weight is 352 g/mol. The lowest BCUT2D eigenvalue weighted by molar-refractivity contribution is -0.116. The van der Waals surface area contributed by atoms with Crippen LogP contribution in [0.5, 0.6) is 0 Å². The molecule has 0 atom stereocenters. The zero-order chi connectivity index (χ0) is 18.7. The van der Waals surface area contributed by atoms with Crippen LogP contribution in [0.2, 0.25) is 0 Å². The lowest BCUT2D eigenvalue weighted by atomic mass is 10.1. The Hall–Kier alpha value is -2.95. The van der Waals surface area contributed by atoms with Crippen LogP contribution in [0.25, 0.3) is 11.3 Å². The number of nitrogens with zero attached hydrogens (tertiary/aromatic N) is 1. The molecule has 1 aromatic heterocycles. The second-order valence-corrected chi connectivity index (χ2v) is 6.43. The molecule has 26 heavy (non-hydrogen) atoms. The van der Waals surface area contributed by atoms with Crippen LogP contribution in [0.4, 0.5) is 10.1 Å². The summed E-state index contributed by atoms with van der Waals surface area (Å²) in [4.78, 5) is 16.3. The molecular weight excluding hydrogens is 331 g/mol. The maximum absolute atomic E-state index is 13.5. The van der Waals surface area contributed by atoms with Crippen molar-refractivity contribution in [2.75, 3.05) is 5.32 Å². The molecular formula is C21H21FN2O2. The molecule has 5 heteroatoms. The summed E-state index contributed by atoms with van der Waals surface area (Å²) in [7, 11) is 0. The van der Waals surface area contributed by atoms with Gasteiger partial charge in [0.1, 0.15) is 5.82 Å². The molecule has 1 N–H and O–H groups in total. The highest BCUT2D eigenvalue weighted by Crippen LogP contribution is 2.23. The molecule has 1 heterocycles. The third kappa shape index (κ3) is 4.17. The first-order chi connectivity index (χ1) is 12.4. The highest BCUT2D eigenvalue weighted by Gasteiger charge is 2.10. The number of nitrogens with one attached hydrogen (secondary N) is 1. The van der Waals surface area contributed by atoms with Gasteiger partial charge < -0.3 is 9.73 Å². The predicted molar refractivity (Wildman–Crippen MR) is 99.5 cm³/mol. The molecule has 3 rings (SSSR count). The summed E-state index contributed by atoms with van der Waals surface area (Å²) in [6.45, 7) is 5.79. The number of hydrogen-bond donors (Lipinski definition) is 1. The number of carbonyl (C=O) groups excluding carboxylic acids is 1. The van der Waals surface area contributed by atoms with Gasteiger partial charge in [-0.05, 0) is 55.7 Å². The molecule has 0 saturated carbocycles. The van der Waals surface area contributed by atoms with E-state index in [1.54, 1.807) is 25.3 Å². The number of carbonyl (C=O) groups is 1. The molecule has 0 radical (unpaired) electrons. The highest BCUT2D eigenvalue weighted by atomic mass is 19.1. The molecule has 0 bridgehead atoms. The van der Waals surface area contributed by atoms with Gasteiger partial charge in [0.25, 0.3) is 0 Å². The van der Waals surface area contributed by atoms with Crippen molar-refractivity contribution in [3.05, 3.63) is 71.0 Å². The lowest BCUT2D eigenvalue weighted by Crippen LogP contribution is -2.12. The first-order valence-electron chi connectivity index (χ1n) is 8.51. The summed E-state index contributed by atoms with van der Waals surface area (Å²) in [5, 5.41) is 2.68. The Balaban J connectivity index is 1.59. The summed E-state index contributed by atoms with van der Waals surface area (Å²) in [5.41, 5.74) is 4.36. The molecule has 0 unspecified atom stereocenters. The number of benzene rings is 2. The molecule has 0 spiro atoms. The molecule has 3 aromatic rings. The fourth-order valence-corrected chi connectivity index (χ4v) is 2.57. The lowest BCUT2D eigenvalue weighted by Gasteiger charge is -2.05. The minimum absolute atomic E-state index is 0.209. The van der Waals surface area contributed by atoms with Gasteiger partial charge in [0.05, 0.1) is 6.20 Å². The monoisotopic (exact) mass is 352 g/mol. The van der Waals surface area contributed by atoms with E-state index in [1.165, 1.54) is 17.2 Å². The van der Waals surface area contributed by atoms with Gasteiger partial charge >= 0.3 is 0 Å². The quantitative estimate of drug-likeness (QED) is 0.705. The van der Waals surface area contributed by atoms with Crippen LogP contribution in [0.15, 0.2) is 47.0 Å². The SMILES string of the molecule is Cc1ccc(-c2cnc(CCC(=O)Nc3ccc(C)c(F)c3)o2)cc1C. The largest absolute Gasteiger partial charge is 0.441 e. The molecule has 0 aliphatic heterocycles. The van der Waals surface area contributed by atoms with Crippen molar-refractivity contribution < 1.29 is 13.6 Å². The third-order valence-corrected chi connectivity index (χ3v) is 4.37. The zero-order valence-electron chi connectivity index (χ0n) is 15.1. The van der Waals surface area contributed by atoms with E-state index in [2.05, 4.69) is 23.3 Å². The fraction of sp³-hybridized carbons (Fsp3) is 0.238. The van der Waals surface area contributed by atoms with E-state index in [4.69, 9.17) is 4.42 Å². The summed E-state index contributed by atoms with van der Waals surface area (Å²) >= 11 is 0. The Morgan fingerprint density at radius 3 is 2.58 bits per heavy atom. The second kappa shape index (κ2) is 7.52. The van der Waals surface area contributed by atoms with Gasteiger partial charge in [-0.1, -0.05) is 18.2 Å². The number of oxazole rings is 1. The number of aryl methyl sites for hydroxylation is 4. The Labute approximate surface area is 152 Å². The van der Waals surface area contributed by atoms with Gasteiger partial charge in [0.15, 0.2) is 11.7 Å². The van der Waals surface area contributed by atoms with Crippen LogP contribution >= 0.6 is 0 Å². The standard InChI is InChI=1S/C21H21FN2O2/c1-13-4-6-16(10-15(13)3)19-12-23-21(26-19)9-8-20(25)24-17-7-5-14(2)18(22)11-17/h4-7,10-12H,8-9H2,1-3H3,(H,24,25). The number of rotatable bonds is 5. The molecule has 0 aliphatic rings. The van der Waals surface area contributed by atoms with Crippen LogP contribution in [0, 0.1) is 26.6 Å². The van der Waals surface area contributed by atoms with Crippen molar-refractivity contribution >= 4 is 11.6 Å². The summed E-state index contributed by atoms with van der Waals surface area (Å²) in [5.74, 6) is 0.639. The number of halogens is 1. The van der Waals surface area contributed by atoms with E-state index in [-0.39, 0.29) is 18.1 Å². The van der Waals surface area contributed by atoms with E-state index < -0.39 is 0 Å². The predicted octanol–water partition coefficient (Wildman–Crippen LogP) is 4.98. The van der Waals surface area contributed by atoms with Gasteiger partial charge in [0, 0.05) is 24.1 Å². The van der Waals surface area contributed by atoms with Crippen molar-refractivity contribution in [1.82, 2.24) is 4.98 Å². The van der Waals surface area contributed by atoms with Gasteiger partial charge in [-0.25, -0.2) is 9.37 Å². The van der Waals surface area contributed by atoms with Crippen LogP contribution in [0.1, 0.15) is 29.0 Å². The van der Waals surface area contributed by atoms with Gasteiger partial charge in [-0.15, -0.1) is 0 Å². The summed E-state index contributed by atoms with van der Waals surface area (Å²) in [6, 6.07) is 10.7. The van der Waals surface area contributed by atoms with Crippen molar-refractivity contribution in [1.29, 1.82) is 0 Å². The first-order valence-corrected chi connectivity index (χ1v) is 8.51. The molecule has 1 amide bonds. The second-order valence-electron chi connectivity index (χ2n) is 6.43. The van der Waals surface area contributed by atoms with Crippen molar-refractivity contribution in [3.63, 3.8) is 0 Å². The maximum atomic E-state index is 13.5. The molecule has 0 fully saturated rings. The Morgan fingerprint density at radius 1 is 1.08 bits per heavy atom. The molecule has 134 valence electrons.